The van der Waals surface area contributed by atoms with Crippen LogP contribution in [-0.2, 0) is 5.41 Å². The molecule has 10 rings (SSSR count). The number of fused-ring (bicyclic) bond motifs is 5. The van der Waals surface area contributed by atoms with Gasteiger partial charge in [-0.1, -0.05) is 86.6 Å². The summed E-state index contributed by atoms with van der Waals surface area (Å²) in [7, 11) is 3.41. The topological polar surface area (TPSA) is 43.7 Å². The minimum atomic E-state index is -0.138. The van der Waals surface area contributed by atoms with Crippen LogP contribution in [0.25, 0.3) is 49.7 Å². The molecule has 0 fully saturated rings. The van der Waals surface area contributed by atoms with Gasteiger partial charge in [-0.3, -0.25) is 4.79 Å². The Bertz CT molecular complexity index is 3120. The summed E-state index contributed by atoms with van der Waals surface area (Å²) in [6.45, 7) is 8.77. The standard InChI is InChI=1S/C56H46N2O3/c1-35-32-44(60-5)26-29-45(35)41-20-28-47-46-27-19-40(39-21-30-54(61-6)36(2)31-39)33-52(46)58(53(47)34-41)43-24-17-38(18-25-43)55(59)37-15-22-42(23-16-37)57-50-13-9-7-11-48(50)56(3,4)49-12-8-10-14-51(49)57/h7-34H,1-6H3. The summed E-state index contributed by atoms with van der Waals surface area (Å²) in [5, 5.41) is 2.31. The lowest BCUT2D eigenvalue weighted by Gasteiger charge is -2.42. The Morgan fingerprint density at radius 1 is 0.508 bits per heavy atom. The van der Waals surface area contributed by atoms with E-state index in [2.05, 4.69) is 171 Å². The van der Waals surface area contributed by atoms with Crippen LogP contribution in [0.3, 0.4) is 0 Å². The first-order valence-electron chi connectivity index (χ1n) is 20.8. The third kappa shape index (κ3) is 6.27. The summed E-state index contributed by atoms with van der Waals surface area (Å²) in [5.41, 5.74) is 16.9. The molecule has 2 heterocycles. The number of ketones is 1. The van der Waals surface area contributed by atoms with Crippen LogP contribution in [0.15, 0.2) is 170 Å². The van der Waals surface area contributed by atoms with E-state index in [4.69, 9.17) is 9.47 Å². The molecule has 0 bridgehead atoms. The lowest BCUT2D eigenvalue weighted by atomic mass is 9.73. The van der Waals surface area contributed by atoms with Crippen molar-refractivity contribution in [1.29, 1.82) is 0 Å². The van der Waals surface area contributed by atoms with Crippen molar-refractivity contribution >= 4 is 44.7 Å². The summed E-state index contributed by atoms with van der Waals surface area (Å²) in [6.07, 6.45) is 0. The number of carbonyl (C=O) groups excluding carboxylic acids is 1. The number of para-hydroxylation sites is 2. The molecular formula is C56H46N2O3. The van der Waals surface area contributed by atoms with Crippen LogP contribution in [-0.4, -0.2) is 24.6 Å². The Hall–Kier alpha value is -7.37. The van der Waals surface area contributed by atoms with Crippen LogP contribution in [0.2, 0.25) is 0 Å². The Kier molecular flexibility index (Phi) is 9.14. The van der Waals surface area contributed by atoms with Crippen molar-refractivity contribution in [3.8, 4) is 39.4 Å². The second kappa shape index (κ2) is 14.7. The third-order valence-corrected chi connectivity index (χ3v) is 12.7. The Morgan fingerprint density at radius 2 is 1.05 bits per heavy atom. The molecule has 0 atom stereocenters. The number of hydrogen-bond donors (Lipinski definition) is 0. The number of nitrogens with zero attached hydrogens (tertiary/aromatic N) is 2. The number of benzene rings is 8. The van der Waals surface area contributed by atoms with Gasteiger partial charge in [-0.2, -0.15) is 0 Å². The number of aryl methyl sites for hydroxylation is 2. The smallest absolute Gasteiger partial charge is 0.193 e. The minimum Gasteiger partial charge on any atom is -0.497 e. The molecule has 0 unspecified atom stereocenters. The van der Waals surface area contributed by atoms with Crippen molar-refractivity contribution in [3.63, 3.8) is 0 Å². The molecule has 0 amide bonds. The lowest BCUT2D eigenvalue weighted by Crippen LogP contribution is -2.30. The average molecular weight is 795 g/mol. The maximum Gasteiger partial charge on any atom is 0.193 e. The van der Waals surface area contributed by atoms with Gasteiger partial charge in [0.25, 0.3) is 0 Å². The zero-order chi connectivity index (χ0) is 42.0. The van der Waals surface area contributed by atoms with Crippen molar-refractivity contribution in [3.05, 3.63) is 203 Å². The van der Waals surface area contributed by atoms with E-state index in [1.165, 1.54) is 11.1 Å². The van der Waals surface area contributed by atoms with Crippen LogP contribution in [0.1, 0.15) is 52.0 Å². The van der Waals surface area contributed by atoms with Gasteiger partial charge >= 0.3 is 0 Å². The van der Waals surface area contributed by atoms with E-state index in [1.54, 1.807) is 14.2 Å². The number of anilines is 3. The Labute approximate surface area is 357 Å². The monoisotopic (exact) mass is 794 g/mol. The van der Waals surface area contributed by atoms with Gasteiger partial charge in [0.15, 0.2) is 5.78 Å². The van der Waals surface area contributed by atoms with Crippen LogP contribution in [0.4, 0.5) is 17.1 Å². The number of hydrogen-bond acceptors (Lipinski definition) is 4. The molecule has 0 saturated carbocycles. The summed E-state index contributed by atoms with van der Waals surface area (Å²) in [6, 6.07) is 59.3. The SMILES string of the molecule is COc1ccc(-c2ccc3c4ccc(-c5ccc(OC)c(C)c5)cc4n(-c4ccc(C(=O)c5ccc(N6c7ccccc7C(C)(C)c7ccccc76)cc5)cc4)c3c2)c(C)c1. The molecule has 9 aromatic rings. The maximum atomic E-state index is 14.2. The molecular weight excluding hydrogens is 749 g/mol. The lowest BCUT2D eigenvalue weighted by molar-refractivity contribution is 0.103. The van der Waals surface area contributed by atoms with Gasteiger partial charge in [0.1, 0.15) is 11.5 Å². The van der Waals surface area contributed by atoms with E-state index in [1.807, 2.05) is 36.4 Å². The van der Waals surface area contributed by atoms with Crippen LogP contribution in [0, 0.1) is 13.8 Å². The number of carbonyl (C=O) groups is 1. The molecule has 1 aliphatic rings. The normalized spacial score (nSPS) is 12.9. The Balaban J connectivity index is 1.03. The van der Waals surface area contributed by atoms with Gasteiger partial charge in [0.2, 0.25) is 0 Å². The molecule has 0 N–H and O–H groups in total. The fourth-order valence-corrected chi connectivity index (χ4v) is 9.43. The maximum absolute atomic E-state index is 14.2. The first kappa shape index (κ1) is 37.9. The molecule has 1 aliphatic heterocycles. The van der Waals surface area contributed by atoms with Gasteiger partial charge in [0, 0.05) is 38.7 Å². The first-order chi connectivity index (χ1) is 29.6. The fourth-order valence-electron chi connectivity index (χ4n) is 9.43. The van der Waals surface area contributed by atoms with Crippen molar-refractivity contribution in [1.82, 2.24) is 4.57 Å². The zero-order valence-corrected chi connectivity index (χ0v) is 35.3. The van der Waals surface area contributed by atoms with Crippen LogP contribution in [0.5, 0.6) is 11.5 Å². The fraction of sp³-hybridized carbons (Fsp3) is 0.125. The molecule has 0 aliphatic carbocycles. The van der Waals surface area contributed by atoms with Crippen molar-refractivity contribution in [2.75, 3.05) is 19.1 Å². The largest absolute Gasteiger partial charge is 0.497 e. The van der Waals surface area contributed by atoms with Crippen LogP contribution < -0.4 is 14.4 Å². The van der Waals surface area contributed by atoms with E-state index >= 15 is 0 Å². The van der Waals surface area contributed by atoms with E-state index < -0.39 is 0 Å². The number of aromatic nitrogens is 1. The molecule has 0 saturated heterocycles. The second-order valence-electron chi connectivity index (χ2n) is 16.6. The highest BCUT2D eigenvalue weighted by Gasteiger charge is 2.36. The van der Waals surface area contributed by atoms with Gasteiger partial charge in [-0.05, 0) is 155 Å². The summed E-state index contributed by atoms with van der Waals surface area (Å²) in [5.74, 6) is 1.69. The number of ether oxygens (including phenoxy) is 2. The third-order valence-electron chi connectivity index (χ3n) is 12.7. The van der Waals surface area contributed by atoms with Gasteiger partial charge in [0.05, 0.1) is 36.6 Å². The summed E-state index contributed by atoms with van der Waals surface area (Å²) < 4.78 is 13.4. The quantitative estimate of drug-likeness (QED) is 0.144. The van der Waals surface area contributed by atoms with E-state index in [0.717, 1.165) is 89.4 Å². The van der Waals surface area contributed by atoms with Crippen molar-refractivity contribution < 1.29 is 14.3 Å². The molecule has 5 heteroatoms. The molecule has 5 nitrogen and oxygen atoms in total. The van der Waals surface area contributed by atoms with Gasteiger partial charge in [-0.25, -0.2) is 0 Å². The highest BCUT2D eigenvalue weighted by molar-refractivity contribution is 6.12. The highest BCUT2D eigenvalue weighted by Crippen LogP contribution is 2.51. The van der Waals surface area contributed by atoms with Gasteiger partial charge < -0.3 is 18.9 Å². The van der Waals surface area contributed by atoms with Crippen molar-refractivity contribution in [2.24, 2.45) is 0 Å². The first-order valence-corrected chi connectivity index (χ1v) is 20.8. The zero-order valence-electron chi connectivity index (χ0n) is 35.3. The van der Waals surface area contributed by atoms with E-state index in [9.17, 15) is 4.79 Å². The second-order valence-corrected chi connectivity index (χ2v) is 16.6. The molecule has 298 valence electrons. The number of rotatable bonds is 8. The predicted octanol–water partition coefficient (Wildman–Crippen LogP) is 14.1. The average Bonchev–Trinajstić information content (AvgIpc) is 3.62. The molecule has 8 aromatic carbocycles. The molecule has 1 aromatic heterocycles. The minimum absolute atomic E-state index is 0.0182. The summed E-state index contributed by atoms with van der Waals surface area (Å²) >= 11 is 0. The van der Waals surface area contributed by atoms with Crippen molar-refractivity contribution in [2.45, 2.75) is 33.1 Å². The van der Waals surface area contributed by atoms with E-state index in [0.29, 0.717) is 11.1 Å². The molecule has 61 heavy (non-hydrogen) atoms. The molecule has 0 radical (unpaired) electrons. The molecule has 0 spiro atoms. The van der Waals surface area contributed by atoms with Crippen LogP contribution >= 0.6 is 0 Å². The van der Waals surface area contributed by atoms with E-state index in [-0.39, 0.29) is 11.2 Å². The highest BCUT2D eigenvalue weighted by atomic mass is 16.5. The predicted molar refractivity (Wildman–Crippen MR) is 251 cm³/mol. The number of methoxy groups -OCH3 is 2. The summed E-state index contributed by atoms with van der Waals surface area (Å²) in [4.78, 5) is 16.5. The Morgan fingerprint density at radius 3 is 1.62 bits per heavy atom. The van der Waals surface area contributed by atoms with Gasteiger partial charge in [-0.15, -0.1) is 0 Å².